The van der Waals surface area contributed by atoms with Crippen LogP contribution in [-0.4, -0.2) is 66.6 Å². The predicted molar refractivity (Wildman–Crippen MR) is 199 cm³/mol. The van der Waals surface area contributed by atoms with Gasteiger partial charge in [0.2, 0.25) is 20.0 Å². The van der Waals surface area contributed by atoms with Crippen LogP contribution in [0, 0.1) is 0 Å². The van der Waals surface area contributed by atoms with E-state index in [1.54, 1.807) is 48.5 Å². The van der Waals surface area contributed by atoms with Crippen molar-refractivity contribution >= 4 is 31.9 Å². The quantitative estimate of drug-likeness (QED) is 0.0896. The molecule has 2 N–H and O–H groups in total. The second-order valence-electron chi connectivity index (χ2n) is 12.7. The molecule has 0 bridgehead atoms. The number of nitrogens with one attached hydrogen (secondary N) is 2. The number of rotatable bonds is 28. The molecule has 0 radical (unpaired) electrons. The molecular formula is C37H58N2O10S2. The third kappa shape index (κ3) is 19.6. The number of benzene rings is 2. The molecule has 0 aliphatic heterocycles. The van der Waals surface area contributed by atoms with Crippen LogP contribution < -0.4 is 28.4 Å². The Hall–Kier alpha value is -3.52. The molecule has 0 saturated carbocycles. The topological polar surface area (TPSA) is 163 Å². The van der Waals surface area contributed by atoms with E-state index >= 15 is 0 Å². The summed E-state index contributed by atoms with van der Waals surface area (Å²) in [7, 11) is -7.53. The number of para-hydroxylation sites is 4. The minimum absolute atomic E-state index is 0.235. The maximum Gasteiger partial charge on any atom is 0.274 e. The van der Waals surface area contributed by atoms with Crippen molar-refractivity contribution in [2.45, 2.75) is 122 Å². The summed E-state index contributed by atoms with van der Waals surface area (Å²) in [5.74, 6) is -0.0102. The normalized spacial score (nSPS) is 12.8. The zero-order chi connectivity index (χ0) is 37.5. The number of sulfonamides is 2. The molecule has 2 rings (SSSR count). The number of hydrogen-bond acceptors (Lipinski definition) is 10. The van der Waals surface area contributed by atoms with E-state index in [-0.39, 0.29) is 13.2 Å². The van der Waals surface area contributed by atoms with Crippen molar-refractivity contribution in [2.24, 2.45) is 0 Å². The number of carbonyl (C=O) groups excluding carboxylic acids is 2. The molecule has 2 atom stereocenters. The minimum atomic E-state index is -3.76. The molecule has 0 spiro atoms. The van der Waals surface area contributed by atoms with Crippen molar-refractivity contribution < 1.29 is 45.4 Å². The first-order valence-corrected chi connectivity index (χ1v) is 21.9. The van der Waals surface area contributed by atoms with Gasteiger partial charge in [-0.05, 0) is 49.9 Å². The largest absolute Gasteiger partial charge is 0.490 e. The highest BCUT2D eigenvalue weighted by atomic mass is 32.2. The van der Waals surface area contributed by atoms with E-state index in [2.05, 4.69) is 13.8 Å². The van der Waals surface area contributed by atoms with E-state index in [1.807, 2.05) is 9.44 Å². The maximum atomic E-state index is 12.8. The molecule has 12 nitrogen and oxygen atoms in total. The first kappa shape index (κ1) is 43.6. The predicted octanol–water partition coefficient (Wildman–Crippen LogP) is 6.68. The SMILES string of the molecule is CCCCCCCCC(Oc1ccccc1OCCCOc1ccccc1OC(CCCCCCCC)C(=O)NS(C)(=O)=O)C(=O)NS(C)(=O)=O. The average Bonchev–Trinajstić information content (AvgIpc) is 3.06. The molecule has 0 saturated heterocycles. The zero-order valence-corrected chi connectivity index (χ0v) is 32.3. The Kier molecular flexibility index (Phi) is 20.4. The van der Waals surface area contributed by atoms with Crippen LogP contribution in [0.25, 0.3) is 0 Å². The summed E-state index contributed by atoms with van der Waals surface area (Å²) >= 11 is 0. The highest BCUT2D eigenvalue weighted by molar-refractivity contribution is 7.89. The van der Waals surface area contributed by atoms with Crippen molar-refractivity contribution in [1.82, 2.24) is 9.44 Å². The molecule has 0 aliphatic carbocycles. The van der Waals surface area contributed by atoms with Gasteiger partial charge in [0.15, 0.2) is 35.2 Å². The number of carbonyl (C=O) groups is 2. The lowest BCUT2D eigenvalue weighted by atomic mass is 10.1. The molecule has 0 aromatic heterocycles. The summed E-state index contributed by atoms with van der Waals surface area (Å²) < 4.78 is 75.3. The molecule has 288 valence electrons. The molecule has 2 aromatic rings. The van der Waals surface area contributed by atoms with Gasteiger partial charge in [-0.2, -0.15) is 0 Å². The van der Waals surface area contributed by atoms with Crippen LogP contribution >= 0.6 is 0 Å². The molecule has 0 fully saturated rings. The number of unbranched alkanes of at least 4 members (excludes halogenated alkanes) is 10. The summed E-state index contributed by atoms with van der Waals surface area (Å²) in [4.78, 5) is 25.7. The van der Waals surface area contributed by atoms with Gasteiger partial charge in [0.1, 0.15) is 0 Å². The van der Waals surface area contributed by atoms with Crippen LogP contribution in [0.1, 0.15) is 110 Å². The highest BCUT2D eigenvalue weighted by Crippen LogP contribution is 2.30. The summed E-state index contributed by atoms with van der Waals surface area (Å²) in [6.07, 6.45) is 13.1. The molecule has 2 aromatic carbocycles. The Bertz CT molecular complexity index is 1420. The smallest absolute Gasteiger partial charge is 0.274 e. The molecule has 2 unspecified atom stereocenters. The van der Waals surface area contributed by atoms with Gasteiger partial charge in [0, 0.05) is 6.42 Å². The summed E-state index contributed by atoms with van der Waals surface area (Å²) in [5.41, 5.74) is 0. The van der Waals surface area contributed by atoms with E-state index in [4.69, 9.17) is 18.9 Å². The summed E-state index contributed by atoms with van der Waals surface area (Å²) in [5, 5.41) is 0. The molecule has 51 heavy (non-hydrogen) atoms. The van der Waals surface area contributed by atoms with E-state index in [9.17, 15) is 26.4 Å². The van der Waals surface area contributed by atoms with Crippen molar-refractivity contribution in [1.29, 1.82) is 0 Å². The van der Waals surface area contributed by atoms with Gasteiger partial charge in [-0.15, -0.1) is 0 Å². The third-order valence-corrected chi connectivity index (χ3v) is 8.98. The Morgan fingerprint density at radius 2 is 0.863 bits per heavy atom. The maximum absolute atomic E-state index is 12.8. The van der Waals surface area contributed by atoms with Gasteiger partial charge in [-0.25, -0.2) is 16.8 Å². The van der Waals surface area contributed by atoms with Gasteiger partial charge in [-0.3, -0.25) is 19.0 Å². The monoisotopic (exact) mass is 754 g/mol. The highest BCUT2D eigenvalue weighted by Gasteiger charge is 2.25. The Morgan fingerprint density at radius 3 is 1.22 bits per heavy atom. The van der Waals surface area contributed by atoms with Gasteiger partial charge < -0.3 is 18.9 Å². The fraction of sp³-hybridized carbons (Fsp3) is 0.622. The van der Waals surface area contributed by atoms with Crippen LogP contribution in [-0.2, 0) is 29.6 Å². The van der Waals surface area contributed by atoms with Crippen LogP contribution in [0.2, 0.25) is 0 Å². The fourth-order valence-corrected chi connectivity index (χ4v) is 6.26. The van der Waals surface area contributed by atoms with Crippen LogP contribution in [0.5, 0.6) is 23.0 Å². The fourth-order valence-electron chi connectivity index (χ4n) is 5.27. The van der Waals surface area contributed by atoms with Gasteiger partial charge in [0.05, 0.1) is 25.7 Å². The summed E-state index contributed by atoms with van der Waals surface area (Å²) in [6, 6.07) is 13.8. The lowest BCUT2D eigenvalue weighted by Gasteiger charge is -2.21. The van der Waals surface area contributed by atoms with Crippen LogP contribution in [0.3, 0.4) is 0 Å². The lowest BCUT2D eigenvalue weighted by Crippen LogP contribution is -2.41. The van der Waals surface area contributed by atoms with Crippen LogP contribution in [0.4, 0.5) is 0 Å². The second-order valence-corrected chi connectivity index (χ2v) is 16.2. The number of amides is 2. The van der Waals surface area contributed by atoms with E-state index in [0.29, 0.717) is 55.1 Å². The van der Waals surface area contributed by atoms with E-state index < -0.39 is 44.1 Å². The Balaban J connectivity index is 2.00. The Labute approximate surface area is 305 Å². The Morgan fingerprint density at radius 1 is 0.529 bits per heavy atom. The van der Waals surface area contributed by atoms with Gasteiger partial charge >= 0.3 is 0 Å². The summed E-state index contributed by atoms with van der Waals surface area (Å²) in [6.45, 7) is 4.75. The second kappa shape index (κ2) is 23.9. The molecular weight excluding hydrogens is 697 g/mol. The first-order valence-electron chi connectivity index (χ1n) is 18.1. The van der Waals surface area contributed by atoms with E-state index in [0.717, 1.165) is 76.7 Å². The van der Waals surface area contributed by atoms with Crippen molar-refractivity contribution in [3.8, 4) is 23.0 Å². The zero-order valence-electron chi connectivity index (χ0n) is 30.7. The van der Waals surface area contributed by atoms with Gasteiger partial charge in [0.25, 0.3) is 11.8 Å². The average molecular weight is 755 g/mol. The lowest BCUT2D eigenvalue weighted by molar-refractivity contribution is -0.127. The van der Waals surface area contributed by atoms with Gasteiger partial charge in [-0.1, -0.05) is 102 Å². The molecule has 0 aliphatic rings. The number of ether oxygens (including phenoxy) is 4. The van der Waals surface area contributed by atoms with Crippen molar-refractivity contribution in [2.75, 3.05) is 25.7 Å². The minimum Gasteiger partial charge on any atom is -0.490 e. The molecule has 0 heterocycles. The molecule has 14 heteroatoms. The first-order chi connectivity index (χ1) is 24.3. The van der Waals surface area contributed by atoms with E-state index in [1.165, 1.54) is 0 Å². The standard InChI is InChI=1S/C37H58N2O10S2/c1-5-7-9-11-13-15-26-34(36(40)38-50(3,42)43)48-32-24-19-17-22-30(32)46-28-21-29-47-31-23-18-20-25-33(31)49-35(37(41)39-51(4,44)45)27-16-14-12-10-8-6-2/h17-20,22-25,34-35H,5-16,21,26-29H2,1-4H3,(H,38,40)(H,39,41). The van der Waals surface area contributed by atoms with Crippen molar-refractivity contribution in [3.05, 3.63) is 48.5 Å². The third-order valence-electron chi connectivity index (χ3n) is 7.84. The van der Waals surface area contributed by atoms with Crippen molar-refractivity contribution in [3.63, 3.8) is 0 Å². The number of hydrogen-bond donors (Lipinski definition) is 2. The molecule has 2 amide bonds. The van der Waals surface area contributed by atoms with Crippen LogP contribution in [0.15, 0.2) is 48.5 Å².